The van der Waals surface area contributed by atoms with E-state index in [2.05, 4.69) is 10.6 Å². The Balaban J connectivity index is 2.77. The van der Waals surface area contributed by atoms with Gasteiger partial charge in [0.2, 0.25) is 0 Å². The van der Waals surface area contributed by atoms with Crippen LogP contribution in [0, 0.1) is 11.3 Å². The maximum absolute atomic E-state index is 11.4. The van der Waals surface area contributed by atoms with E-state index < -0.39 is 0 Å². The maximum atomic E-state index is 11.4. The molecule has 0 unspecified atom stereocenters. The Morgan fingerprint density at radius 2 is 2.20 bits per heavy atom. The third-order valence-corrected chi connectivity index (χ3v) is 2.86. The fraction of sp³-hybridized carbons (Fsp3) is 0.385. The molecule has 5 nitrogen and oxygen atoms in total. The van der Waals surface area contributed by atoms with Gasteiger partial charge in [-0.2, -0.15) is 5.26 Å². The molecule has 2 N–H and O–H groups in total. The molecule has 0 aliphatic heterocycles. The molecule has 0 heterocycles. The molecular formula is C13H15Cl2N3O2. The van der Waals surface area contributed by atoms with Crippen molar-refractivity contribution in [2.24, 2.45) is 0 Å². The van der Waals surface area contributed by atoms with Crippen molar-refractivity contribution in [2.75, 3.05) is 19.7 Å². The van der Waals surface area contributed by atoms with Gasteiger partial charge in [-0.05, 0) is 18.7 Å². The predicted octanol–water partition coefficient (Wildman–Crippen LogP) is 2.12. The lowest BCUT2D eigenvalue weighted by molar-refractivity contribution is -0.122. The van der Waals surface area contributed by atoms with Crippen LogP contribution in [0.1, 0.15) is 12.5 Å². The minimum atomic E-state index is -0.382. The first-order chi connectivity index (χ1) is 9.58. The molecule has 108 valence electrons. The zero-order chi connectivity index (χ0) is 15.0. The molecule has 0 bridgehead atoms. The van der Waals surface area contributed by atoms with E-state index in [0.717, 1.165) is 12.1 Å². The van der Waals surface area contributed by atoms with Gasteiger partial charge in [-0.1, -0.05) is 30.1 Å². The van der Waals surface area contributed by atoms with Crippen molar-refractivity contribution in [3.8, 4) is 11.8 Å². The molecule has 1 amide bonds. The van der Waals surface area contributed by atoms with E-state index in [0.29, 0.717) is 22.3 Å². The van der Waals surface area contributed by atoms with E-state index in [9.17, 15) is 4.79 Å². The summed E-state index contributed by atoms with van der Waals surface area (Å²) in [5, 5.41) is 14.7. The van der Waals surface area contributed by atoms with Crippen LogP contribution < -0.4 is 15.4 Å². The third kappa shape index (κ3) is 5.25. The molecule has 1 aromatic carbocycles. The zero-order valence-electron chi connectivity index (χ0n) is 11.0. The number of rotatable bonds is 7. The average Bonchev–Trinajstić information content (AvgIpc) is 2.41. The van der Waals surface area contributed by atoms with Crippen molar-refractivity contribution < 1.29 is 9.53 Å². The molecule has 1 aromatic rings. The topological polar surface area (TPSA) is 74.2 Å². The summed E-state index contributed by atoms with van der Waals surface area (Å²) in [6.45, 7) is 3.03. The maximum Gasteiger partial charge on any atom is 0.258 e. The first-order valence-corrected chi connectivity index (χ1v) is 6.79. The normalized spacial score (nSPS) is 9.90. The van der Waals surface area contributed by atoms with Gasteiger partial charge >= 0.3 is 0 Å². The zero-order valence-corrected chi connectivity index (χ0v) is 12.5. The van der Waals surface area contributed by atoms with E-state index in [1.54, 1.807) is 12.1 Å². The van der Waals surface area contributed by atoms with E-state index >= 15 is 0 Å². The van der Waals surface area contributed by atoms with Crippen molar-refractivity contribution in [1.82, 2.24) is 10.6 Å². The Hall–Kier alpha value is -1.48. The number of carbonyl (C=O) groups excluding carboxylic acids is 1. The van der Waals surface area contributed by atoms with Crippen LogP contribution in [-0.2, 0) is 11.3 Å². The molecule has 1 rings (SSSR count). The number of nitrogens with zero attached hydrogens (tertiary/aromatic N) is 1. The van der Waals surface area contributed by atoms with Gasteiger partial charge < -0.3 is 15.4 Å². The summed E-state index contributed by atoms with van der Waals surface area (Å²) < 4.78 is 5.43. The summed E-state index contributed by atoms with van der Waals surface area (Å²) in [6.07, 6.45) is 0. The van der Waals surface area contributed by atoms with Gasteiger partial charge in [-0.25, -0.2) is 0 Å². The Bertz CT molecular complexity index is 515. The minimum absolute atomic E-state index is 0.0548. The summed E-state index contributed by atoms with van der Waals surface area (Å²) in [5.74, 6) is 0.0380. The van der Waals surface area contributed by atoms with Crippen LogP contribution >= 0.6 is 23.2 Å². The molecule has 7 heteroatoms. The summed E-state index contributed by atoms with van der Waals surface area (Å²) in [4.78, 5) is 11.4. The van der Waals surface area contributed by atoms with Crippen LogP contribution in [0.25, 0.3) is 0 Å². The van der Waals surface area contributed by atoms with Crippen molar-refractivity contribution in [3.05, 3.63) is 27.7 Å². The van der Waals surface area contributed by atoms with Crippen LogP contribution in [0.15, 0.2) is 12.1 Å². The monoisotopic (exact) mass is 315 g/mol. The highest BCUT2D eigenvalue weighted by Gasteiger charge is 2.12. The average molecular weight is 316 g/mol. The number of nitrogens with one attached hydrogen (secondary N) is 2. The predicted molar refractivity (Wildman–Crippen MR) is 78.0 cm³/mol. The summed E-state index contributed by atoms with van der Waals surface area (Å²) in [7, 11) is 0. The number of hydrogen-bond acceptors (Lipinski definition) is 4. The lowest BCUT2D eigenvalue weighted by Gasteiger charge is -2.13. The quantitative estimate of drug-likeness (QED) is 0.756. The van der Waals surface area contributed by atoms with Crippen LogP contribution in [0.5, 0.6) is 5.75 Å². The number of benzene rings is 1. The number of halogens is 2. The first-order valence-electron chi connectivity index (χ1n) is 6.03. The molecule has 0 spiro atoms. The second kappa shape index (κ2) is 8.64. The summed E-state index contributed by atoms with van der Waals surface area (Å²) >= 11 is 12.0. The van der Waals surface area contributed by atoms with Crippen molar-refractivity contribution in [2.45, 2.75) is 13.5 Å². The Kier molecular flexibility index (Phi) is 7.16. The van der Waals surface area contributed by atoms with Crippen molar-refractivity contribution >= 4 is 29.1 Å². The molecular weight excluding hydrogens is 301 g/mol. The SMILES string of the molecule is CCNCc1cc(Cl)cc(Cl)c1OCC(=O)NCC#N. The summed E-state index contributed by atoms with van der Waals surface area (Å²) in [5.41, 5.74) is 0.775. The number of amides is 1. The second-order valence-corrected chi connectivity index (χ2v) is 4.72. The van der Waals surface area contributed by atoms with Gasteiger partial charge in [-0.3, -0.25) is 4.79 Å². The molecule has 0 aliphatic carbocycles. The van der Waals surface area contributed by atoms with Crippen molar-refractivity contribution in [3.63, 3.8) is 0 Å². The molecule has 0 saturated heterocycles. The van der Waals surface area contributed by atoms with Gasteiger partial charge in [0.25, 0.3) is 5.91 Å². The van der Waals surface area contributed by atoms with Gasteiger partial charge in [0.1, 0.15) is 12.3 Å². The minimum Gasteiger partial charge on any atom is -0.482 e. The van der Waals surface area contributed by atoms with Gasteiger partial charge in [0.15, 0.2) is 6.61 Å². The highest BCUT2D eigenvalue weighted by atomic mass is 35.5. The van der Waals surface area contributed by atoms with Gasteiger partial charge in [0.05, 0.1) is 11.1 Å². The van der Waals surface area contributed by atoms with Crippen LogP contribution in [-0.4, -0.2) is 25.6 Å². The number of nitriles is 1. The standard InChI is InChI=1S/C13H15Cl2N3O2/c1-2-17-7-9-5-10(14)6-11(15)13(9)20-8-12(19)18-4-3-16/h5-6,17H,2,4,7-8H2,1H3,(H,18,19). The van der Waals surface area contributed by atoms with Crippen LogP contribution in [0.2, 0.25) is 10.0 Å². The second-order valence-electron chi connectivity index (χ2n) is 3.88. The first kappa shape index (κ1) is 16.6. The lowest BCUT2D eigenvalue weighted by Crippen LogP contribution is -2.29. The van der Waals surface area contributed by atoms with E-state index in [1.807, 2.05) is 13.0 Å². The van der Waals surface area contributed by atoms with Gasteiger partial charge in [0, 0.05) is 17.1 Å². The Morgan fingerprint density at radius 1 is 1.45 bits per heavy atom. The Labute approximate surface area is 127 Å². The molecule has 0 saturated carbocycles. The highest BCUT2D eigenvalue weighted by molar-refractivity contribution is 6.35. The number of ether oxygens (including phenoxy) is 1. The van der Waals surface area contributed by atoms with Crippen LogP contribution in [0.4, 0.5) is 0 Å². The van der Waals surface area contributed by atoms with E-state index in [4.69, 9.17) is 33.2 Å². The fourth-order valence-electron chi connectivity index (χ4n) is 1.49. The molecule has 0 aliphatic rings. The summed E-state index contributed by atoms with van der Waals surface area (Å²) in [6, 6.07) is 5.11. The van der Waals surface area contributed by atoms with E-state index in [1.165, 1.54) is 0 Å². The molecule has 0 aromatic heterocycles. The highest BCUT2D eigenvalue weighted by Crippen LogP contribution is 2.32. The molecule has 0 fully saturated rings. The lowest BCUT2D eigenvalue weighted by atomic mass is 10.2. The molecule has 0 radical (unpaired) electrons. The Morgan fingerprint density at radius 3 is 2.85 bits per heavy atom. The van der Waals surface area contributed by atoms with Crippen molar-refractivity contribution in [1.29, 1.82) is 5.26 Å². The fourth-order valence-corrected chi connectivity index (χ4v) is 2.08. The third-order valence-electron chi connectivity index (χ3n) is 2.36. The molecule has 20 heavy (non-hydrogen) atoms. The largest absolute Gasteiger partial charge is 0.482 e. The molecule has 0 atom stereocenters. The number of hydrogen-bond donors (Lipinski definition) is 2. The number of carbonyl (C=O) groups is 1. The van der Waals surface area contributed by atoms with Crippen LogP contribution in [0.3, 0.4) is 0 Å². The van der Waals surface area contributed by atoms with E-state index in [-0.39, 0.29) is 19.1 Å². The van der Waals surface area contributed by atoms with Gasteiger partial charge in [-0.15, -0.1) is 0 Å². The smallest absolute Gasteiger partial charge is 0.258 e.